The molecule has 0 aliphatic heterocycles. The third-order valence-corrected chi connectivity index (χ3v) is 2.36. The van der Waals surface area contributed by atoms with Crippen molar-refractivity contribution in [3.63, 3.8) is 0 Å². The van der Waals surface area contributed by atoms with Gasteiger partial charge in [-0.3, -0.25) is 20.1 Å². The number of aromatic carboxylic acids is 1. The Hall–Kier alpha value is -3.50. The van der Waals surface area contributed by atoms with E-state index in [1.54, 1.807) is 0 Å². The Bertz CT molecular complexity index is 810. The molecule has 0 aliphatic rings. The lowest BCUT2D eigenvalue weighted by molar-refractivity contribution is -0.383. The Balaban J connectivity index is 2.48. The van der Waals surface area contributed by atoms with E-state index in [4.69, 9.17) is 5.11 Å². The third kappa shape index (κ3) is 3.09. The lowest BCUT2D eigenvalue weighted by Gasteiger charge is -2.06. The molecule has 0 spiro atoms. The quantitative estimate of drug-likeness (QED) is 0.443. The first kappa shape index (κ1) is 13.9. The van der Waals surface area contributed by atoms with Crippen LogP contribution in [0, 0.1) is 10.1 Å². The van der Waals surface area contributed by atoms with Crippen molar-refractivity contribution in [3.05, 3.63) is 54.8 Å². The number of H-pyrrole nitrogens is 2. The highest BCUT2D eigenvalue weighted by atomic mass is 16.6. The molecule has 1 aromatic carbocycles. The highest BCUT2D eigenvalue weighted by Gasteiger charge is 2.18. The van der Waals surface area contributed by atoms with Crippen molar-refractivity contribution in [1.29, 1.82) is 0 Å². The highest BCUT2D eigenvalue weighted by Crippen LogP contribution is 2.27. The molecule has 0 amide bonds. The second-order valence-electron chi connectivity index (χ2n) is 3.76. The Morgan fingerprint density at radius 1 is 1.33 bits per heavy atom. The first-order chi connectivity index (χ1) is 9.86. The minimum absolute atomic E-state index is 0.126. The van der Waals surface area contributed by atoms with E-state index in [1.165, 1.54) is 0 Å². The summed E-state index contributed by atoms with van der Waals surface area (Å²) in [5.74, 6) is -1.64. The molecule has 2 rings (SSSR count). The number of anilines is 2. The maximum atomic E-state index is 11.1. The van der Waals surface area contributed by atoms with Crippen LogP contribution in [-0.4, -0.2) is 31.0 Å². The monoisotopic (exact) mass is 293 g/mol. The van der Waals surface area contributed by atoms with Crippen molar-refractivity contribution < 1.29 is 14.8 Å². The highest BCUT2D eigenvalue weighted by molar-refractivity contribution is 5.90. The van der Waals surface area contributed by atoms with Gasteiger partial charge in [-0.15, -0.1) is 0 Å². The first-order valence-electron chi connectivity index (χ1n) is 5.36. The maximum absolute atomic E-state index is 11.1. The van der Waals surface area contributed by atoms with Gasteiger partial charge in [0.05, 0.1) is 10.5 Å². The normalized spacial score (nSPS) is 10.1. The van der Waals surface area contributed by atoms with E-state index >= 15 is 0 Å². The van der Waals surface area contributed by atoms with Crippen LogP contribution in [0.5, 0.6) is 0 Å². The summed E-state index contributed by atoms with van der Waals surface area (Å²) in [7, 11) is 0. The molecule has 0 aliphatic carbocycles. The fourth-order valence-electron chi connectivity index (χ4n) is 1.50. The van der Waals surface area contributed by atoms with Crippen LogP contribution in [0.4, 0.5) is 17.3 Å². The van der Waals surface area contributed by atoms with Gasteiger partial charge in [0, 0.05) is 6.07 Å². The Kier molecular flexibility index (Phi) is 3.47. The summed E-state index contributed by atoms with van der Waals surface area (Å²) in [4.78, 5) is 50.3. The van der Waals surface area contributed by atoms with Gasteiger partial charge in [-0.2, -0.15) is 4.98 Å². The number of nitrogens with zero attached hydrogens (tertiary/aromatic N) is 2. The molecule has 0 bridgehead atoms. The van der Waals surface area contributed by atoms with Crippen LogP contribution < -0.4 is 16.7 Å². The van der Waals surface area contributed by atoms with Gasteiger partial charge >= 0.3 is 17.3 Å². The predicted octanol–water partition coefficient (Wildman–Crippen LogP) is -0.192. The number of aromatic amines is 2. The largest absolute Gasteiger partial charge is 0.478 e. The number of hydrogen-bond acceptors (Lipinski definition) is 7. The molecule has 0 radical (unpaired) electrons. The Morgan fingerprint density at radius 3 is 2.62 bits per heavy atom. The number of benzene rings is 1. The molecule has 11 nitrogen and oxygen atoms in total. The Morgan fingerprint density at radius 2 is 2.05 bits per heavy atom. The number of nitrogens with one attached hydrogen (secondary N) is 3. The standard InChI is InChI=1S/C10H7N5O6/c16-7(17)4-1-2-5(6(3-4)15(20)21)11-8-12-9(18)14-10(19)13-8/h1-3H,(H,16,17)(H3,11,12,13,14,18,19). The number of carboxylic acid groups (broad SMARTS) is 1. The van der Waals surface area contributed by atoms with Crippen LogP contribution in [-0.2, 0) is 0 Å². The van der Waals surface area contributed by atoms with Gasteiger partial charge in [-0.25, -0.2) is 14.4 Å². The molecule has 11 heteroatoms. The van der Waals surface area contributed by atoms with Gasteiger partial charge in [0.2, 0.25) is 5.95 Å². The second-order valence-corrected chi connectivity index (χ2v) is 3.76. The average molecular weight is 293 g/mol. The van der Waals surface area contributed by atoms with Crippen LogP contribution in [0.2, 0.25) is 0 Å². The summed E-state index contributed by atoms with van der Waals surface area (Å²) in [6.45, 7) is 0. The fraction of sp³-hybridized carbons (Fsp3) is 0. The third-order valence-electron chi connectivity index (χ3n) is 2.36. The minimum atomic E-state index is -1.33. The molecular formula is C10H7N5O6. The van der Waals surface area contributed by atoms with Gasteiger partial charge in [-0.1, -0.05) is 0 Å². The molecule has 1 aromatic heterocycles. The number of carbonyl (C=O) groups is 1. The zero-order chi connectivity index (χ0) is 15.6. The van der Waals surface area contributed by atoms with Crippen LogP contribution in [0.1, 0.15) is 10.4 Å². The molecule has 1 heterocycles. The summed E-state index contributed by atoms with van der Waals surface area (Å²) < 4.78 is 0. The maximum Gasteiger partial charge on any atom is 0.352 e. The molecule has 0 saturated heterocycles. The second kappa shape index (κ2) is 5.24. The van der Waals surface area contributed by atoms with E-state index in [2.05, 4.69) is 15.3 Å². The summed E-state index contributed by atoms with van der Waals surface area (Å²) >= 11 is 0. The molecule has 0 atom stereocenters. The zero-order valence-corrected chi connectivity index (χ0v) is 10.1. The van der Waals surface area contributed by atoms with Crippen molar-refractivity contribution in [3.8, 4) is 0 Å². The van der Waals surface area contributed by atoms with Crippen LogP contribution in [0.25, 0.3) is 0 Å². The summed E-state index contributed by atoms with van der Waals surface area (Å²) in [6.07, 6.45) is 0. The van der Waals surface area contributed by atoms with Crippen molar-refractivity contribution in [2.45, 2.75) is 0 Å². The molecule has 0 saturated carbocycles. The van der Waals surface area contributed by atoms with E-state index in [0.29, 0.717) is 0 Å². The van der Waals surface area contributed by atoms with Crippen molar-refractivity contribution in [1.82, 2.24) is 15.0 Å². The van der Waals surface area contributed by atoms with E-state index in [0.717, 1.165) is 18.2 Å². The van der Waals surface area contributed by atoms with Gasteiger partial charge < -0.3 is 10.4 Å². The van der Waals surface area contributed by atoms with E-state index < -0.39 is 28.0 Å². The number of rotatable bonds is 4. The first-order valence-corrected chi connectivity index (χ1v) is 5.36. The van der Waals surface area contributed by atoms with E-state index in [1.807, 2.05) is 4.98 Å². The average Bonchev–Trinajstić information content (AvgIpc) is 2.37. The summed E-state index contributed by atoms with van der Waals surface area (Å²) in [5.41, 5.74) is -2.73. The molecular weight excluding hydrogens is 286 g/mol. The van der Waals surface area contributed by atoms with Crippen molar-refractivity contribution in [2.24, 2.45) is 0 Å². The van der Waals surface area contributed by atoms with Crippen molar-refractivity contribution in [2.75, 3.05) is 5.32 Å². The van der Waals surface area contributed by atoms with Crippen LogP contribution in [0.15, 0.2) is 27.8 Å². The van der Waals surface area contributed by atoms with Crippen LogP contribution >= 0.6 is 0 Å². The molecule has 0 fully saturated rings. The molecule has 2 aromatic rings. The fourth-order valence-corrected chi connectivity index (χ4v) is 1.50. The summed E-state index contributed by atoms with van der Waals surface area (Å²) in [6, 6.07) is 3.10. The van der Waals surface area contributed by atoms with E-state index in [9.17, 15) is 24.5 Å². The smallest absolute Gasteiger partial charge is 0.352 e. The van der Waals surface area contributed by atoms with Crippen molar-refractivity contribution >= 4 is 23.3 Å². The molecule has 21 heavy (non-hydrogen) atoms. The minimum Gasteiger partial charge on any atom is -0.478 e. The zero-order valence-electron chi connectivity index (χ0n) is 10.1. The lowest BCUT2D eigenvalue weighted by Crippen LogP contribution is -2.25. The summed E-state index contributed by atoms with van der Waals surface area (Å²) in [5, 5.41) is 22.1. The molecule has 108 valence electrons. The van der Waals surface area contributed by atoms with Gasteiger partial charge in [0.1, 0.15) is 5.69 Å². The number of nitro benzene ring substituents is 1. The number of carboxylic acids is 1. The SMILES string of the molecule is O=C(O)c1ccc(Nc2nc(=O)[nH]c(=O)[nH]2)c([N+](=O)[O-])c1. The van der Waals surface area contributed by atoms with Gasteiger partial charge in [0.15, 0.2) is 0 Å². The van der Waals surface area contributed by atoms with Crippen LogP contribution in [0.3, 0.4) is 0 Å². The lowest BCUT2D eigenvalue weighted by atomic mass is 10.2. The van der Waals surface area contributed by atoms with E-state index in [-0.39, 0.29) is 17.2 Å². The molecule has 0 unspecified atom stereocenters. The number of hydrogen-bond donors (Lipinski definition) is 4. The number of aromatic nitrogens is 3. The predicted molar refractivity (Wildman–Crippen MR) is 68.8 cm³/mol. The van der Waals surface area contributed by atoms with Gasteiger partial charge in [0.25, 0.3) is 5.69 Å². The molecule has 4 N–H and O–H groups in total. The topological polar surface area (TPSA) is 171 Å². The Labute approximate surface area is 114 Å². The number of nitro groups is 1. The van der Waals surface area contributed by atoms with Gasteiger partial charge in [-0.05, 0) is 12.1 Å².